The van der Waals surface area contributed by atoms with Gasteiger partial charge in [0, 0.05) is 11.3 Å². The SMILES string of the molecule is CS(=O)(=O)c1cccc(Oc2ccc(Cl)cc2C(=O)O)c1. The Morgan fingerprint density at radius 1 is 1.19 bits per heavy atom. The van der Waals surface area contributed by atoms with Crippen LogP contribution in [0.1, 0.15) is 10.4 Å². The lowest BCUT2D eigenvalue weighted by molar-refractivity contribution is 0.0694. The summed E-state index contributed by atoms with van der Waals surface area (Å²) < 4.78 is 28.4. The summed E-state index contributed by atoms with van der Waals surface area (Å²) in [7, 11) is -3.37. The molecule has 5 nitrogen and oxygen atoms in total. The van der Waals surface area contributed by atoms with Gasteiger partial charge in [-0.1, -0.05) is 17.7 Å². The van der Waals surface area contributed by atoms with Crippen LogP contribution in [0.25, 0.3) is 0 Å². The molecule has 7 heteroatoms. The predicted octanol–water partition coefficient (Wildman–Crippen LogP) is 3.23. The van der Waals surface area contributed by atoms with Crippen LogP contribution in [0, 0.1) is 0 Å². The van der Waals surface area contributed by atoms with Crippen molar-refractivity contribution in [2.24, 2.45) is 0 Å². The molecule has 110 valence electrons. The van der Waals surface area contributed by atoms with Gasteiger partial charge < -0.3 is 9.84 Å². The Bertz CT molecular complexity index is 799. The molecule has 0 aliphatic heterocycles. The molecule has 0 saturated heterocycles. The Morgan fingerprint density at radius 2 is 1.90 bits per heavy atom. The number of carbonyl (C=O) groups is 1. The van der Waals surface area contributed by atoms with E-state index in [-0.39, 0.29) is 27.0 Å². The van der Waals surface area contributed by atoms with Gasteiger partial charge in [-0.3, -0.25) is 0 Å². The second-order valence-corrected chi connectivity index (χ2v) is 6.75. The lowest BCUT2D eigenvalue weighted by atomic mass is 10.2. The highest BCUT2D eigenvalue weighted by atomic mass is 35.5. The monoisotopic (exact) mass is 326 g/mol. The van der Waals surface area contributed by atoms with E-state index in [4.69, 9.17) is 21.4 Å². The van der Waals surface area contributed by atoms with Crippen LogP contribution in [-0.4, -0.2) is 25.7 Å². The van der Waals surface area contributed by atoms with E-state index in [0.29, 0.717) is 0 Å². The number of carboxylic acid groups (broad SMARTS) is 1. The Labute approximate surface area is 126 Å². The minimum absolute atomic E-state index is 0.0811. The normalized spacial score (nSPS) is 11.1. The van der Waals surface area contributed by atoms with Crippen molar-refractivity contribution < 1.29 is 23.1 Å². The van der Waals surface area contributed by atoms with Crippen molar-refractivity contribution in [2.75, 3.05) is 6.26 Å². The van der Waals surface area contributed by atoms with Gasteiger partial charge in [0.2, 0.25) is 0 Å². The lowest BCUT2D eigenvalue weighted by Gasteiger charge is -2.10. The molecule has 0 aliphatic rings. The van der Waals surface area contributed by atoms with Crippen molar-refractivity contribution in [2.45, 2.75) is 4.90 Å². The van der Waals surface area contributed by atoms with Crippen molar-refractivity contribution in [1.82, 2.24) is 0 Å². The topological polar surface area (TPSA) is 80.7 Å². The third-order valence-electron chi connectivity index (χ3n) is 2.63. The number of halogens is 1. The zero-order valence-electron chi connectivity index (χ0n) is 10.9. The number of hydrogen-bond donors (Lipinski definition) is 1. The second kappa shape index (κ2) is 5.75. The minimum atomic E-state index is -3.37. The van der Waals surface area contributed by atoms with Crippen LogP contribution in [0.15, 0.2) is 47.4 Å². The third-order valence-corrected chi connectivity index (χ3v) is 3.98. The minimum Gasteiger partial charge on any atom is -0.478 e. The van der Waals surface area contributed by atoms with Gasteiger partial charge in [0.15, 0.2) is 9.84 Å². The van der Waals surface area contributed by atoms with Gasteiger partial charge >= 0.3 is 5.97 Å². The van der Waals surface area contributed by atoms with E-state index in [2.05, 4.69) is 0 Å². The van der Waals surface area contributed by atoms with Crippen molar-refractivity contribution in [3.8, 4) is 11.5 Å². The molecule has 0 heterocycles. The Morgan fingerprint density at radius 3 is 2.52 bits per heavy atom. The molecular weight excluding hydrogens is 316 g/mol. The first-order valence-corrected chi connectivity index (χ1v) is 8.05. The maximum atomic E-state index is 11.5. The smallest absolute Gasteiger partial charge is 0.339 e. The van der Waals surface area contributed by atoms with E-state index in [0.717, 1.165) is 6.26 Å². The maximum Gasteiger partial charge on any atom is 0.339 e. The molecule has 2 rings (SSSR count). The number of ether oxygens (including phenoxy) is 1. The molecule has 0 aliphatic carbocycles. The quantitative estimate of drug-likeness (QED) is 0.932. The van der Waals surface area contributed by atoms with Crippen molar-refractivity contribution in [3.63, 3.8) is 0 Å². The lowest BCUT2D eigenvalue weighted by Crippen LogP contribution is -2.01. The number of hydrogen-bond acceptors (Lipinski definition) is 4. The molecule has 0 saturated carbocycles. The number of carboxylic acids is 1. The molecule has 0 radical (unpaired) electrons. The molecule has 0 aromatic heterocycles. The number of benzene rings is 2. The number of sulfone groups is 1. The van der Waals surface area contributed by atoms with Crippen LogP contribution in [0.5, 0.6) is 11.5 Å². The van der Waals surface area contributed by atoms with Crippen LogP contribution in [-0.2, 0) is 9.84 Å². The molecule has 1 N–H and O–H groups in total. The van der Waals surface area contributed by atoms with E-state index in [9.17, 15) is 13.2 Å². The largest absolute Gasteiger partial charge is 0.478 e. The first kappa shape index (κ1) is 15.3. The molecule has 0 bridgehead atoms. The maximum absolute atomic E-state index is 11.5. The third kappa shape index (κ3) is 3.74. The summed E-state index contributed by atoms with van der Waals surface area (Å²) in [6, 6.07) is 9.98. The summed E-state index contributed by atoms with van der Waals surface area (Å²) in [5, 5.41) is 9.39. The van der Waals surface area contributed by atoms with Gasteiger partial charge in [-0.15, -0.1) is 0 Å². The summed E-state index contributed by atoms with van der Waals surface area (Å²) in [6.45, 7) is 0. The van der Waals surface area contributed by atoms with E-state index in [1.807, 2.05) is 0 Å². The van der Waals surface area contributed by atoms with Gasteiger partial charge in [0.05, 0.1) is 4.90 Å². The zero-order valence-corrected chi connectivity index (χ0v) is 12.5. The fraction of sp³-hybridized carbons (Fsp3) is 0.0714. The first-order valence-electron chi connectivity index (χ1n) is 5.78. The van der Waals surface area contributed by atoms with E-state index < -0.39 is 15.8 Å². The fourth-order valence-electron chi connectivity index (χ4n) is 1.65. The molecular formula is C14H11ClO5S. The van der Waals surface area contributed by atoms with Crippen LogP contribution < -0.4 is 4.74 Å². The van der Waals surface area contributed by atoms with E-state index >= 15 is 0 Å². The standard InChI is InChI=1S/C14H11ClO5S/c1-21(18,19)11-4-2-3-10(8-11)20-13-6-5-9(15)7-12(13)14(16)17/h2-8H,1H3,(H,16,17). The molecule has 0 fully saturated rings. The van der Waals surface area contributed by atoms with E-state index in [1.54, 1.807) is 0 Å². The first-order chi connectivity index (χ1) is 9.77. The van der Waals surface area contributed by atoms with Gasteiger partial charge in [-0.2, -0.15) is 0 Å². The molecule has 0 atom stereocenters. The molecule has 2 aromatic rings. The Kier molecular flexibility index (Phi) is 4.20. The van der Waals surface area contributed by atoms with Gasteiger partial charge in [-0.05, 0) is 36.4 Å². The predicted molar refractivity (Wildman–Crippen MR) is 78.0 cm³/mol. The van der Waals surface area contributed by atoms with Gasteiger partial charge in [0.1, 0.15) is 17.1 Å². The molecule has 0 spiro atoms. The second-order valence-electron chi connectivity index (χ2n) is 4.29. The summed E-state index contributed by atoms with van der Waals surface area (Å²) in [4.78, 5) is 11.2. The highest BCUT2D eigenvalue weighted by Crippen LogP contribution is 2.29. The summed E-state index contributed by atoms with van der Waals surface area (Å²) in [6.07, 6.45) is 1.08. The van der Waals surface area contributed by atoms with Crippen molar-refractivity contribution >= 4 is 27.4 Å². The Hall–Kier alpha value is -2.05. The average molecular weight is 327 g/mol. The summed E-state index contributed by atoms with van der Waals surface area (Å²) in [5.74, 6) is -0.882. The van der Waals surface area contributed by atoms with Gasteiger partial charge in [0.25, 0.3) is 0 Å². The molecule has 0 unspecified atom stereocenters. The van der Waals surface area contributed by atoms with Crippen LogP contribution in [0.2, 0.25) is 5.02 Å². The average Bonchev–Trinajstić information content (AvgIpc) is 2.40. The van der Waals surface area contributed by atoms with Gasteiger partial charge in [-0.25, -0.2) is 13.2 Å². The Balaban J connectivity index is 2.41. The number of rotatable bonds is 4. The molecule has 21 heavy (non-hydrogen) atoms. The van der Waals surface area contributed by atoms with Crippen LogP contribution >= 0.6 is 11.6 Å². The fourth-order valence-corrected chi connectivity index (χ4v) is 2.48. The highest BCUT2D eigenvalue weighted by molar-refractivity contribution is 7.90. The zero-order chi connectivity index (χ0) is 15.6. The number of aromatic carboxylic acids is 1. The van der Waals surface area contributed by atoms with Crippen LogP contribution in [0.4, 0.5) is 0 Å². The highest BCUT2D eigenvalue weighted by Gasteiger charge is 2.14. The van der Waals surface area contributed by atoms with E-state index in [1.165, 1.54) is 42.5 Å². The molecule has 2 aromatic carbocycles. The summed E-state index contributed by atoms with van der Waals surface area (Å²) in [5.41, 5.74) is -0.104. The summed E-state index contributed by atoms with van der Waals surface area (Å²) >= 11 is 5.75. The van der Waals surface area contributed by atoms with Crippen molar-refractivity contribution in [1.29, 1.82) is 0 Å². The molecule has 0 amide bonds. The van der Waals surface area contributed by atoms with Crippen LogP contribution in [0.3, 0.4) is 0 Å². The van der Waals surface area contributed by atoms with Crippen molar-refractivity contribution in [3.05, 3.63) is 53.1 Å².